The standard InChI is InChI=1S/C17H36O/c1-7-10-11-15(5)16(6)18-13-17(9-3)12-14(4)8-2/h14-17H,7-13H2,1-6H3/t14?,15?,16-,17?/m1/s1. The summed E-state index contributed by atoms with van der Waals surface area (Å²) in [6.45, 7) is 14.7. The summed E-state index contributed by atoms with van der Waals surface area (Å²) >= 11 is 0. The maximum absolute atomic E-state index is 6.10. The summed E-state index contributed by atoms with van der Waals surface area (Å²) in [5.74, 6) is 2.29. The number of hydrogen-bond donors (Lipinski definition) is 0. The Morgan fingerprint density at radius 3 is 2.11 bits per heavy atom. The molecule has 0 saturated heterocycles. The fraction of sp³-hybridized carbons (Fsp3) is 1.00. The van der Waals surface area contributed by atoms with Gasteiger partial charge in [0.05, 0.1) is 6.10 Å². The van der Waals surface area contributed by atoms with Gasteiger partial charge in [-0.3, -0.25) is 0 Å². The summed E-state index contributed by atoms with van der Waals surface area (Å²) in [6, 6.07) is 0. The summed E-state index contributed by atoms with van der Waals surface area (Å²) in [6.07, 6.45) is 8.21. The first kappa shape index (κ1) is 18.0. The van der Waals surface area contributed by atoms with Gasteiger partial charge in [0.15, 0.2) is 0 Å². The van der Waals surface area contributed by atoms with Crippen molar-refractivity contribution in [3.05, 3.63) is 0 Å². The van der Waals surface area contributed by atoms with Gasteiger partial charge in [0, 0.05) is 6.61 Å². The molecule has 0 rings (SSSR count). The molecule has 0 spiro atoms. The third-order valence-electron chi connectivity index (χ3n) is 4.42. The van der Waals surface area contributed by atoms with Crippen LogP contribution in [-0.2, 0) is 4.74 Å². The second-order valence-corrected chi connectivity index (χ2v) is 6.18. The van der Waals surface area contributed by atoms with Crippen molar-refractivity contribution in [2.45, 2.75) is 86.2 Å². The molecule has 0 aliphatic rings. The molecule has 1 nitrogen and oxygen atoms in total. The summed E-state index contributed by atoms with van der Waals surface area (Å²) < 4.78 is 6.10. The topological polar surface area (TPSA) is 9.23 Å². The Hall–Kier alpha value is -0.0400. The quantitative estimate of drug-likeness (QED) is 0.462. The molecule has 0 aliphatic heterocycles. The number of hydrogen-bond acceptors (Lipinski definition) is 1. The zero-order valence-corrected chi connectivity index (χ0v) is 13.7. The van der Waals surface area contributed by atoms with Crippen molar-refractivity contribution in [2.75, 3.05) is 6.61 Å². The SMILES string of the molecule is CCCCC(C)[C@@H](C)OCC(CC)CC(C)CC. The molecular formula is C17H36O. The number of unbranched alkanes of at least 4 members (excludes halogenated alkanes) is 1. The van der Waals surface area contributed by atoms with Gasteiger partial charge < -0.3 is 4.74 Å². The van der Waals surface area contributed by atoms with Gasteiger partial charge in [-0.2, -0.15) is 0 Å². The molecule has 0 N–H and O–H groups in total. The first-order valence-corrected chi connectivity index (χ1v) is 8.16. The van der Waals surface area contributed by atoms with Crippen LogP contribution in [0.25, 0.3) is 0 Å². The van der Waals surface area contributed by atoms with Crippen molar-refractivity contribution in [2.24, 2.45) is 17.8 Å². The molecule has 0 amide bonds. The van der Waals surface area contributed by atoms with E-state index >= 15 is 0 Å². The van der Waals surface area contributed by atoms with E-state index in [1.807, 2.05) is 0 Å². The van der Waals surface area contributed by atoms with Crippen LogP contribution in [0.1, 0.15) is 80.1 Å². The van der Waals surface area contributed by atoms with Crippen LogP contribution in [0, 0.1) is 17.8 Å². The third kappa shape index (κ3) is 8.13. The molecule has 1 heteroatoms. The average Bonchev–Trinajstić information content (AvgIpc) is 2.39. The zero-order chi connectivity index (χ0) is 14.0. The highest BCUT2D eigenvalue weighted by molar-refractivity contribution is 4.65. The Morgan fingerprint density at radius 1 is 0.944 bits per heavy atom. The van der Waals surface area contributed by atoms with Crippen molar-refractivity contribution in [1.29, 1.82) is 0 Å². The predicted molar refractivity (Wildman–Crippen MR) is 82.0 cm³/mol. The molecule has 0 saturated carbocycles. The van der Waals surface area contributed by atoms with Crippen LogP contribution in [0.2, 0.25) is 0 Å². The van der Waals surface area contributed by atoms with E-state index in [1.54, 1.807) is 0 Å². The van der Waals surface area contributed by atoms with Gasteiger partial charge in [-0.15, -0.1) is 0 Å². The van der Waals surface area contributed by atoms with E-state index in [0.29, 0.717) is 12.0 Å². The minimum atomic E-state index is 0.419. The van der Waals surface area contributed by atoms with E-state index in [0.717, 1.165) is 18.4 Å². The number of ether oxygens (including phenoxy) is 1. The lowest BCUT2D eigenvalue weighted by Crippen LogP contribution is -2.22. The zero-order valence-electron chi connectivity index (χ0n) is 13.7. The number of rotatable bonds is 11. The highest BCUT2D eigenvalue weighted by Crippen LogP contribution is 2.21. The molecular weight excluding hydrogens is 220 g/mol. The Kier molecular flexibility index (Phi) is 10.8. The molecule has 0 heterocycles. The molecule has 110 valence electrons. The first-order chi connectivity index (χ1) is 8.54. The average molecular weight is 256 g/mol. The van der Waals surface area contributed by atoms with Crippen molar-refractivity contribution < 1.29 is 4.74 Å². The second kappa shape index (κ2) is 10.8. The van der Waals surface area contributed by atoms with E-state index in [4.69, 9.17) is 4.74 Å². The van der Waals surface area contributed by atoms with Gasteiger partial charge in [-0.25, -0.2) is 0 Å². The molecule has 4 atom stereocenters. The maximum Gasteiger partial charge on any atom is 0.0572 e. The van der Waals surface area contributed by atoms with E-state index in [1.165, 1.54) is 38.5 Å². The first-order valence-electron chi connectivity index (χ1n) is 8.16. The van der Waals surface area contributed by atoms with Gasteiger partial charge in [0.1, 0.15) is 0 Å². The van der Waals surface area contributed by atoms with Crippen molar-refractivity contribution in [1.82, 2.24) is 0 Å². The molecule has 3 unspecified atom stereocenters. The van der Waals surface area contributed by atoms with Gasteiger partial charge in [-0.05, 0) is 37.5 Å². The Balaban J connectivity index is 3.88. The lowest BCUT2D eigenvalue weighted by Gasteiger charge is -2.24. The van der Waals surface area contributed by atoms with E-state index in [-0.39, 0.29) is 0 Å². The molecule has 18 heavy (non-hydrogen) atoms. The van der Waals surface area contributed by atoms with Gasteiger partial charge in [0.2, 0.25) is 0 Å². The summed E-state index contributed by atoms with van der Waals surface area (Å²) in [5, 5.41) is 0. The Labute approximate surface area is 116 Å². The van der Waals surface area contributed by atoms with Crippen LogP contribution >= 0.6 is 0 Å². The van der Waals surface area contributed by atoms with Crippen molar-refractivity contribution in [3.63, 3.8) is 0 Å². The second-order valence-electron chi connectivity index (χ2n) is 6.18. The van der Waals surface area contributed by atoms with Crippen LogP contribution in [0.4, 0.5) is 0 Å². The fourth-order valence-electron chi connectivity index (χ4n) is 2.30. The van der Waals surface area contributed by atoms with Crippen LogP contribution in [-0.4, -0.2) is 12.7 Å². The highest BCUT2D eigenvalue weighted by atomic mass is 16.5. The van der Waals surface area contributed by atoms with Crippen LogP contribution < -0.4 is 0 Å². The third-order valence-corrected chi connectivity index (χ3v) is 4.42. The van der Waals surface area contributed by atoms with Gasteiger partial charge in [0.25, 0.3) is 0 Å². The highest BCUT2D eigenvalue weighted by Gasteiger charge is 2.16. The fourth-order valence-corrected chi connectivity index (χ4v) is 2.30. The van der Waals surface area contributed by atoms with Crippen molar-refractivity contribution >= 4 is 0 Å². The summed E-state index contributed by atoms with van der Waals surface area (Å²) in [5.41, 5.74) is 0. The molecule has 0 aliphatic carbocycles. The maximum atomic E-state index is 6.10. The molecule has 0 fully saturated rings. The van der Waals surface area contributed by atoms with E-state index < -0.39 is 0 Å². The van der Waals surface area contributed by atoms with Crippen LogP contribution in [0.15, 0.2) is 0 Å². The summed E-state index contributed by atoms with van der Waals surface area (Å²) in [7, 11) is 0. The van der Waals surface area contributed by atoms with E-state index in [9.17, 15) is 0 Å². The normalized spacial score (nSPS) is 18.3. The molecule has 0 bridgehead atoms. The minimum Gasteiger partial charge on any atom is -0.378 e. The molecule has 0 aromatic rings. The largest absolute Gasteiger partial charge is 0.378 e. The molecule has 0 radical (unpaired) electrons. The predicted octanol–water partition coefficient (Wildman–Crippen LogP) is 5.68. The minimum absolute atomic E-state index is 0.419. The molecule has 0 aromatic heterocycles. The monoisotopic (exact) mass is 256 g/mol. The lowest BCUT2D eigenvalue weighted by atomic mass is 9.92. The lowest BCUT2D eigenvalue weighted by molar-refractivity contribution is 0.00183. The smallest absolute Gasteiger partial charge is 0.0572 e. The van der Waals surface area contributed by atoms with E-state index in [2.05, 4.69) is 41.5 Å². The van der Waals surface area contributed by atoms with Crippen LogP contribution in [0.5, 0.6) is 0 Å². The van der Waals surface area contributed by atoms with Crippen LogP contribution in [0.3, 0.4) is 0 Å². The Bertz CT molecular complexity index is 178. The Morgan fingerprint density at radius 2 is 1.61 bits per heavy atom. The van der Waals surface area contributed by atoms with Gasteiger partial charge >= 0.3 is 0 Å². The van der Waals surface area contributed by atoms with Gasteiger partial charge in [-0.1, -0.05) is 60.3 Å². The summed E-state index contributed by atoms with van der Waals surface area (Å²) in [4.78, 5) is 0. The molecule has 0 aromatic carbocycles. The van der Waals surface area contributed by atoms with Crippen molar-refractivity contribution in [3.8, 4) is 0 Å².